The van der Waals surface area contributed by atoms with Gasteiger partial charge in [-0.25, -0.2) is 0 Å². The van der Waals surface area contributed by atoms with Crippen molar-refractivity contribution in [3.63, 3.8) is 0 Å². The number of halogens is 1. The summed E-state index contributed by atoms with van der Waals surface area (Å²) in [6.07, 6.45) is 0.872. The molecule has 0 radical (unpaired) electrons. The second-order valence-electron chi connectivity index (χ2n) is 4.57. The van der Waals surface area contributed by atoms with E-state index in [4.69, 9.17) is 17.3 Å². The highest BCUT2D eigenvalue weighted by Gasteiger charge is 2.04. The summed E-state index contributed by atoms with van der Waals surface area (Å²) < 4.78 is 0. The molecule has 0 saturated carbocycles. The summed E-state index contributed by atoms with van der Waals surface area (Å²) in [6, 6.07) is 14.7. The first-order chi connectivity index (χ1) is 9.19. The summed E-state index contributed by atoms with van der Waals surface area (Å²) in [7, 11) is 0. The van der Waals surface area contributed by atoms with Crippen molar-refractivity contribution in [2.75, 3.05) is 6.54 Å². The van der Waals surface area contributed by atoms with E-state index in [1.165, 1.54) is 21.6 Å². The van der Waals surface area contributed by atoms with Crippen LogP contribution in [-0.2, 0) is 12.2 Å². The number of hydrogen-bond donors (Lipinski definition) is 1. The minimum Gasteiger partial charge on any atom is -0.330 e. The van der Waals surface area contributed by atoms with Crippen molar-refractivity contribution < 1.29 is 0 Å². The van der Waals surface area contributed by atoms with Crippen LogP contribution in [0, 0.1) is 6.92 Å². The van der Waals surface area contributed by atoms with Gasteiger partial charge < -0.3 is 5.73 Å². The number of nitrogens with two attached hydrogens (primary N) is 1. The van der Waals surface area contributed by atoms with Crippen molar-refractivity contribution in [2.45, 2.75) is 24.0 Å². The highest BCUT2D eigenvalue weighted by atomic mass is 35.5. The van der Waals surface area contributed by atoms with Crippen LogP contribution in [0.5, 0.6) is 0 Å². The summed E-state index contributed by atoms with van der Waals surface area (Å²) in [6.45, 7) is 2.77. The molecule has 0 heterocycles. The van der Waals surface area contributed by atoms with Gasteiger partial charge >= 0.3 is 0 Å². The van der Waals surface area contributed by atoms with Gasteiger partial charge in [0.1, 0.15) is 0 Å². The van der Waals surface area contributed by atoms with Crippen molar-refractivity contribution in [3.05, 3.63) is 64.2 Å². The maximum atomic E-state index is 6.04. The minimum absolute atomic E-state index is 0.651. The molecule has 19 heavy (non-hydrogen) atoms. The fourth-order valence-electron chi connectivity index (χ4n) is 2.00. The van der Waals surface area contributed by atoms with Crippen molar-refractivity contribution in [3.8, 4) is 0 Å². The molecule has 0 aliphatic rings. The number of thioether (sulfide) groups is 1. The molecule has 0 aliphatic heterocycles. The van der Waals surface area contributed by atoms with Gasteiger partial charge in [0.2, 0.25) is 0 Å². The van der Waals surface area contributed by atoms with Gasteiger partial charge in [-0.15, -0.1) is 11.8 Å². The Morgan fingerprint density at radius 3 is 2.74 bits per heavy atom. The Morgan fingerprint density at radius 1 is 1.16 bits per heavy atom. The highest BCUT2D eigenvalue weighted by Crippen LogP contribution is 2.29. The third-order valence-corrected chi connectivity index (χ3v) is 4.34. The predicted molar refractivity (Wildman–Crippen MR) is 85.0 cm³/mol. The molecule has 0 atom stereocenters. The van der Waals surface area contributed by atoms with Crippen LogP contribution in [0.4, 0.5) is 0 Å². The van der Waals surface area contributed by atoms with Crippen LogP contribution in [0.25, 0.3) is 0 Å². The van der Waals surface area contributed by atoms with E-state index >= 15 is 0 Å². The maximum absolute atomic E-state index is 6.04. The molecule has 0 saturated heterocycles. The second kappa shape index (κ2) is 6.99. The molecule has 0 bridgehead atoms. The smallest absolute Gasteiger partial charge is 0.0409 e. The quantitative estimate of drug-likeness (QED) is 0.824. The molecule has 0 aliphatic carbocycles. The van der Waals surface area contributed by atoms with E-state index in [1.54, 1.807) is 0 Å². The van der Waals surface area contributed by atoms with Crippen molar-refractivity contribution in [1.82, 2.24) is 0 Å². The molecule has 0 spiro atoms. The first-order valence-electron chi connectivity index (χ1n) is 6.36. The van der Waals surface area contributed by atoms with Crippen LogP contribution in [0.3, 0.4) is 0 Å². The fraction of sp³-hybridized carbons (Fsp3) is 0.250. The van der Waals surface area contributed by atoms with Gasteiger partial charge in [-0.05, 0) is 49.2 Å². The number of hydrogen-bond acceptors (Lipinski definition) is 2. The largest absolute Gasteiger partial charge is 0.330 e. The molecule has 0 aromatic heterocycles. The Balaban J connectivity index is 2.10. The van der Waals surface area contributed by atoms with Gasteiger partial charge in [0.15, 0.2) is 0 Å². The topological polar surface area (TPSA) is 26.0 Å². The lowest BCUT2D eigenvalue weighted by Crippen LogP contribution is -2.03. The number of rotatable bonds is 5. The van der Waals surface area contributed by atoms with E-state index in [0.29, 0.717) is 6.54 Å². The van der Waals surface area contributed by atoms with E-state index in [2.05, 4.69) is 37.3 Å². The summed E-state index contributed by atoms with van der Waals surface area (Å²) in [5.74, 6) is 0.973. The average Bonchev–Trinajstić information content (AvgIpc) is 2.38. The normalized spacial score (nSPS) is 10.7. The van der Waals surface area contributed by atoms with Crippen LogP contribution in [0.15, 0.2) is 47.4 Å². The highest BCUT2D eigenvalue weighted by molar-refractivity contribution is 7.98. The van der Waals surface area contributed by atoms with E-state index in [9.17, 15) is 0 Å². The Bertz CT molecular complexity index is 554. The summed E-state index contributed by atoms with van der Waals surface area (Å²) in [4.78, 5) is 1.27. The number of benzene rings is 2. The van der Waals surface area contributed by atoms with E-state index in [1.807, 2.05) is 23.9 Å². The molecular weight excluding hydrogens is 274 g/mol. The Kier molecular flexibility index (Phi) is 5.32. The standard InChI is InChI=1S/C16H18ClNS/c1-12-3-2-4-13(9-12)11-19-16-6-5-15(17)10-14(16)7-8-18/h2-6,9-10H,7-8,11,18H2,1H3. The molecule has 0 fully saturated rings. The SMILES string of the molecule is Cc1cccc(CSc2ccc(Cl)cc2CCN)c1. The lowest BCUT2D eigenvalue weighted by atomic mass is 10.1. The van der Waals surface area contributed by atoms with Gasteiger partial charge in [-0.2, -0.15) is 0 Å². The van der Waals surface area contributed by atoms with Crippen LogP contribution in [-0.4, -0.2) is 6.54 Å². The van der Waals surface area contributed by atoms with E-state index < -0.39 is 0 Å². The van der Waals surface area contributed by atoms with Crippen LogP contribution in [0.2, 0.25) is 5.02 Å². The zero-order valence-electron chi connectivity index (χ0n) is 11.0. The molecule has 0 amide bonds. The van der Waals surface area contributed by atoms with Crippen molar-refractivity contribution in [2.24, 2.45) is 5.73 Å². The lowest BCUT2D eigenvalue weighted by Gasteiger charge is -2.09. The maximum Gasteiger partial charge on any atom is 0.0409 e. The van der Waals surface area contributed by atoms with Crippen LogP contribution >= 0.6 is 23.4 Å². The molecule has 2 N–H and O–H groups in total. The Labute approximate surface area is 124 Å². The Morgan fingerprint density at radius 2 is 2.00 bits per heavy atom. The van der Waals surface area contributed by atoms with Gasteiger partial charge in [-0.3, -0.25) is 0 Å². The molecular formula is C16H18ClNS. The molecule has 0 unspecified atom stereocenters. The first-order valence-corrected chi connectivity index (χ1v) is 7.72. The van der Waals surface area contributed by atoms with Crippen molar-refractivity contribution >= 4 is 23.4 Å². The fourth-order valence-corrected chi connectivity index (χ4v) is 3.21. The molecule has 2 aromatic rings. The molecule has 2 aromatic carbocycles. The van der Waals surface area contributed by atoms with Gasteiger partial charge in [0.25, 0.3) is 0 Å². The summed E-state index contributed by atoms with van der Waals surface area (Å²) in [5.41, 5.74) is 9.55. The predicted octanol–water partition coefficient (Wildman–Crippen LogP) is 4.44. The average molecular weight is 292 g/mol. The summed E-state index contributed by atoms with van der Waals surface area (Å²) >= 11 is 7.88. The molecule has 100 valence electrons. The second-order valence-corrected chi connectivity index (χ2v) is 6.02. The van der Waals surface area contributed by atoms with Gasteiger partial charge in [0, 0.05) is 15.7 Å². The molecule has 2 rings (SSSR count). The van der Waals surface area contributed by atoms with Gasteiger partial charge in [-0.1, -0.05) is 41.4 Å². The number of aryl methyl sites for hydroxylation is 1. The summed E-state index contributed by atoms with van der Waals surface area (Å²) in [5, 5.41) is 0.781. The minimum atomic E-state index is 0.651. The zero-order chi connectivity index (χ0) is 13.7. The lowest BCUT2D eigenvalue weighted by molar-refractivity contribution is 0.944. The van der Waals surface area contributed by atoms with E-state index in [0.717, 1.165) is 17.2 Å². The molecule has 1 nitrogen and oxygen atoms in total. The third kappa shape index (κ3) is 4.27. The van der Waals surface area contributed by atoms with Crippen LogP contribution in [0.1, 0.15) is 16.7 Å². The van der Waals surface area contributed by atoms with Crippen molar-refractivity contribution in [1.29, 1.82) is 0 Å². The monoisotopic (exact) mass is 291 g/mol. The zero-order valence-corrected chi connectivity index (χ0v) is 12.6. The first kappa shape index (κ1) is 14.4. The van der Waals surface area contributed by atoms with Gasteiger partial charge in [0.05, 0.1) is 0 Å². The van der Waals surface area contributed by atoms with Crippen LogP contribution < -0.4 is 5.73 Å². The Hall–Kier alpha value is -0.960. The van der Waals surface area contributed by atoms with E-state index in [-0.39, 0.29) is 0 Å². The molecule has 3 heteroatoms. The third-order valence-electron chi connectivity index (χ3n) is 2.91.